The molecule has 0 spiro atoms. The van der Waals surface area contributed by atoms with Gasteiger partial charge in [0.2, 0.25) is 5.91 Å². The Hall–Kier alpha value is -2.35. The van der Waals surface area contributed by atoms with E-state index in [0.29, 0.717) is 25.4 Å². The minimum absolute atomic E-state index is 0.0593. The van der Waals surface area contributed by atoms with Crippen molar-refractivity contribution in [1.82, 2.24) is 25.3 Å². The molecule has 130 valence electrons. The number of nitrogens with zero attached hydrogens (tertiary/aromatic N) is 3. The second-order valence-corrected chi connectivity index (χ2v) is 5.99. The SMILES string of the molecule is CCn1cc(O[C@@H]2COC[C@@H]2NC(=O)Cc2c(C)n[nH]c2C)cn1. The standard InChI is InChI=1S/C16H23N5O3/c1-4-21-7-12(6-17-21)24-15-9-23-8-14(15)18-16(22)5-13-10(2)19-20-11(13)3/h6-7,14-15H,4-5,8-9H2,1-3H3,(H,18,22)(H,19,20)/t14-,15+/m0/s1. The van der Waals surface area contributed by atoms with Crippen molar-refractivity contribution >= 4 is 5.91 Å². The van der Waals surface area contributed by atoms with Crippen molar-refractivity contribution in [2.24, 2.45) is 0 Å². The van der Waals surface area contributed by atoms with Crippen LogP contribution >= 0.6 is 0 Å². The molecule has 0 aliphatic carbocycles. The van der Waals surface area contributed by atoms with E-state index < -0.39 is 0 Å². The molecular weight excluding hydrogens is 310 g/mol. The van der Waals surface area contributed by atoms with Crippen LogP contribution in [0, 0.1) is 13.8 Å². The molecule has 1 aliphatic heterocycles. The summed E-state index contributed by atoms with van der Waals surface area (Å²) >= 11 is 0. The lowest BCUT2D eigenvalue weighted by Crippen LogP contribution is -2.45. The molecule has 2 aromatic heterocycles. The maximum Gasteiger partial charge on any atom is 0.224 e. The lowest BCUT2D eigenvalue weighted by Gasteiger charge is -2.19. The fourth-order valence-corrected chi connectivity index (χ4v) is 2.79. The average molecular weight is 333 g/mol. The minimum atomic E-state index is -0.213. The van der Waals surface area contributed by atoms with E-state index in [0.717, 1.165) is 23.5 Å². The zero-order valence-corrected chi connectivity index (χ0v) is 14.2. The normalized spacial score (nSPS) is 20.3. The van der Waals surface area contributed by atoms with Crippen molar-refractivity contribution in [3.05, 3.63) is 29.3 Å². The fraction of sp³-hybridized carbons (Fsp3) is 0.562. The van der Waals surface area contributed by atoms with Crippen LogP contribution in [0.4, 0.5) is 0 Å². The third kappa shape index (κ3) is 3.59. The highest BCUT2D eigenvalue weighted by Crippen LogP contribution is 2.17. The molecule has 2 atom stereocenters. The molecule has 0 bridgehead atoms. The van der Waals surface area contributed by atoms with Crippen LogP contribution in [-0.4, -0.2) is 51.2 Å². The van der Waals surface area contributed by atoms with E-state index in [1.54, 1.807) is 10.9 Å². The predicted molar refractivity (Wildman–Crippen MR) is 86.8 cm³/mol. The number of hydrogen-bond acceptors (Lipinski definition) is 5. The molecule has 8 nitrogen and oxygen atoms in total. The van der Waals surface area contributed by atoms with Crippen LogP contribution in [0.2, 0.25) is 0 Å². The summed E-state index contributed by atoms with van der Waals surface area (Å²) < 4.78 is 13.2. The highest BCUT2D eigenvalue weighted by atomic mass is 16.5. The van der Waals surface area contributed by atoms with Crippen LogP contribution in [0.15, 0.2) is 12.4 Å². The smallest absolute Gasteiger partial charge is 0.224 e. The van der Waals surface area contributed by atoms with Crippen molar-refractivity contribution in [1.29, 1.82) is 0 Å². The first-order valence-electron chi connectivity index (χ1n) is 8.13. The van der Waals surface area contributed by atoms with Crippen molar-refractivity contribution in [3.8, 4) is 5.75 Å². The molecule has 24 heavy (non-hydrogen) atoms. The molecule has 2 N–H and O–H groups in total. The number of aryl methyl sites for hydroxylation is 3. The molecule has 1 amide bonds. The second-order valence-electron chi connectivity index (χ2n) is 5.99. The quantitative estimate of drug-likeness (QED) is 0.813. The Bertz CT molecular complexity index is 689. The van der Waals surface area contributed by atoms with E-state index in [1.807, 2.05) is 27.0 Å². The Morgan fingerprint density at radius 3 is 3.00 bits per heavy atom. The molecule has 0 saturated carbocycles. The Kier molecular flexibility index (Phi) is 4.84. The number of ether oxygens (including phenoxy) is 2. The van der Waals surface area contributed by atoms with Crippen LogP contribution in [0.3, 0.4) is 0 Å². The predicted octanol–water partition coefficient (Wildman–Crippen LogP) is 0.748. The molecule has 8 heteroatoms. The van der Waals surface area contributed by atoms with Crippen molar-refractivity contribution in [2.75, 3.05) is 13.2 Å². The summed E-state index contributed by atoms with van der Waals surface area (Å²) in [5.74, 6) is 0.629. The number of hydrogen-bond donors (Lipinski definition) is 2. The number of aromatic amines is 1. The number of carbonyl (C=O) groups excluding carboxylic acids is 1. The van der Waals surface area contributed by atoms with Gasteiger partial charge in [-0.1, -0.05) is 0 Å². The van der Waals surface area contributed by atoms with Gasteiger partial charge in [-0.2, -0.15) is 10.2 Å². The van der Waals surface area contributed by atoms with Gasteiger partial charge in [-0.15, -0.1) is 0 Å². The van der Waals surface area contributed by atoms with E-state index in [2.05, 4.69) is 20.6 Å². The first-order valence-corrected chi connectivity index (χ1v) is 8.13. The van der Waals surface area contributed by atoms with Gasteiger partial charge in [-0.3, -0.25) is 14.6 Å². The summed E-state index contributed by atoms with van der Waals surface area (Å²) in [6.45, 7) is 7.50. The van der Waals surface area contributed by atoms with Crippen LogP contribution in [0.5, 0.6) is 5.75 Å². The van der Waals surface area contributed by atoms with Crippen molar-refractivity contribution in [3.63, 3.8) is 0 Å². The summed E-state index contributed by atoms with van der Waals surface area (Å²) in [4.78, 5) is 12.3. The molecule has 0 unspecified atom stereocenters. The second kappa shape index (κ2) is 7.04. The van der Waals surface area contributed by atoms with Gasteiger partial charge in [-0.05, 0) is 20.8 Å². The Labute approximate surface area is 140 Å². The molecule has 2 aromatic rings. The van der Waals surface area contributed by atoms with E-state index >= 15 is 0 Å². The highest BCUT2D eigenvalue weighted by Gasteiger charge is 2.32. The summed E-state index contributed by atoms with van der Waals surface area (Å²) in [6.07, 6.45) is 3.61. The third-order valence-electron chi connectivity index (χ3n) is 4.21. The van der Waals surface area contributed by atoms with Gasteiger partial charge >= 0.3 is 0 Å². The molecular formula is C16H23N5O3. The number of rotatable bonds is 6. The molecule has 3 heterocycles. The van der Waals surface area contributed by atoms with Crippen LogP contribution in [0.25, 0.3) is 0 Å². The lowest BCUT2D eigenvalue weighted by atomic mass is 10.1. The number of H-pyrrole nitrogens is 1. The number of carbonyl (C=O) groups is 1. The highest BCUT2D eigenvalue weighted by molar-refractivity contribution is 5.79. The van der Waals surface area contributed by atoms with Gasteiger partial charge in [0.1, 0.15) is 6.10 Å². The molecule has 1 fully saturated rings. The van der Waals surface area contributed by atoms with Gasteiger partial charge in [0.25, 0.3) is 0 Å². The largest absolute Gasteiger partial charge is 0.482 e. The monoisotopic (exact) mass is 333 g/mol. The molecule has 1 saturated heterocycles. The van der Waals surface area contributed by atoms with Gasteiger partial charge in [0, 0.05) is 17.8 Å². The summed E-state index contributed by atoms with van der Waals surface area (Å²) in [5, 5.41) is 14.2. The summed E-state index contributed by atoms with van der Waals surface area (Å²) in [6, 6.07) is -0.171. The minimum Gasteiger partial charge on any atom is -0.482 e. The Morgan fingerprint density at radius 1 is 1.50 bits per heavy atom. The fourth-order valence-electron chi connectivity index (χ4n) is 2.79. The average Bonchev–Trinajstić information content (AvgIpc) is 3.26. The van der Waals surface area contributed by atoms with Crippen LogP contribution < -0.4 is 10.1 Å². The zero-order chi connectivity index (χ0) is 17.1. The van der Waals surface area contributed by atoms with Crippen molar-refractivity contribution in [2.45, 2.75) is 45.9 Å². The first-order chi connectivity index (χ1) is 11.6. The molecule has 0 radical (unpaired) electrons. The van der Waals surface area contributed by atoms with E-state index in [-0.39, 0.29) is 18.1 Å². The number of aromatic nitrogens is 4. The third-order valence-corrected chi connectivity index (χ3v) is 4.21. The lowest BCUT2D eigenvalue weighted by molar-refractivity contribution is -0.121. The van der Waals surface area contributed by atoms with Gasteiger partial charge in [-0.25, -0.2) is 0 Å². The Balaban J connectivity index is 1.58. The molecule has 0 aromatic carbocycles. The first kappa shape index (κ1) is 16.5. The maximum absolute atomic E-state index is 12.3. The van der Waals surface area contributed by atoms with E-state index in [4.69, 9.17) is 9.47 Å². The van der Waals surface area contributed by atoms with Crippen molar-refractivity contribution < 1.29 is 14.3 Å². The Morgan fingerprint density at radius 2 is 2.33 bits per heavy atom. The van der Waals surface area contributed by atoms with Crippen LogP contribution in [0.1, 0.15) is 23.9 Å². The maximum atomic E-state index is 12.3. The van der Waals surface area contributed by atoms with Gasteiger partial charge in [0.05, 0.1) is 43.8 Å². The van der Waals surface area contributed by atoms with E-state index in [9.17, 15) is 4.79 Å². The summed E-state index contributed by atoms with van der Waals surface area (Å²) in [5.41, 5.74) is 2.71. The number of amides is 1. The van der Waals surface area contributed by atoms with Gasteiger partial charge in [0.15, 0.2) is 5.75 Å². The topological polar surface area (TPSA) is 94.1 Å². The van der Waals surface area contributed by atoms with E-state index in [1.165, 1.54) is 0 Å². The molecule has 1 aliphatic rings. The van der Waals surface area contributed by atoms with Crippen LogP contribution in [-0.2, 0) is 22.5 Å². The van der Waals surface area contributed by atoms with Gasteiger partial charge < -0.3 is 14.8 Å². The summed E-state index contributed by atoms with van der Waals surface area (Å²) in [7, 11) is 0. The number of nitrogens with one attached hydrogen (secondary N) is 2. The zero-order valence-electron chi connectivity index (χ0n) is 14.2. The molecule has 3 rings (SSSR count).